The third-order valence-corrected chi connectivity index (χ3v) is 10.1. The molecule has 0 aliphatic rings. The minimum atomic E-state index is -0.617. The van der Waals surface area contributed by atoms with E-state index in [0.29, 0.717) is 4.96 Å². The molecular weight excluding hydrogens is 603 g/mol. The van der Waals surface area contributed by atoms with Gasteiger partial charge in [-0.1, -0.05) is 90.2 Å². The molecule has 0 unspecified atom stereocenters. The van der Waals surface area contributed by atoms with E-state index in [0.717, 1.165) is 64.5 Å². The topological polar surface area (TPSA) is 66.2 Å². The summed E-state index contributed by atoms with van der Waals surface area (Å²) in [6.45, 7) is 0. The molecule has 8 heteroatoms. The van der Waals surface area contributed by atoms with Crippen LogP contribution in [0.5, 0.6) is 0 Å². The van der Waals surface area contributed by atoms with Gasteiger partial charge in [-0.3, -0.25) is 0 Å². The number of thiazole rings is 1. The minimum Gasteiger partial charge on any atom is -0.309 e. The van der Waals surface area contributed by atoms with Gasteiger partial charge in [0.1, 0.15) is 0 Å². The second-order valence-corrected chi connectivity index (χ2v) is 12.7. The second kappa shape index (κ2) is 9.62. The van der Waals surface area contributed by atoms with E-state index in [4.69, 9.17) is 0 Å². The largest absolute Gasteiger partial charge is 0.374 e. The smallest absolute Gasteiger partial charge is 0.309 e. The summed E-state index contributed by atoms with van der Waals surface area (Å²) in [5.74, 6) is 0. The normalized spacial score (nSPS) is 12.0. The van der Waals surface area contributed by atoms with E-state index < -0.39 is 11.4 Å². The van der Waals surface area contributed by atoms with Crippen molar-refractivity contribution in [2.45, 2.75) is 0 Å². The first-order valence-corrected chi connectivity index (χ1v) is 16.1. The maximum absolute atomic E-state index is 14.1. The van der Waals surface area contributed by atoms with Gasteiger partial charge in [0.25, 0.3) is 0 Å². The quantitative estimate of drug-likeness (QED) is 0.199. The van der Waals surface area contributed by atoms with Gasteiger partial charge in [-0.25, -0.2) is 18.7 Å². The molecule has 0 bridgehead atoms. The van der Waals surface area contributed by atoms with Crippen molar-refractivity contribution in [2.75, 3.05) is 0 Å². The van der Waals surface area contributed by atoms with Gasteiger partial charge in [0.05, 0.1) is 32.3 Å². The fourth-order valence-electron chi connectivity index (χ4n) is 7.06. The van der Waals surface area contributed by atoms with E-state index in [1.807, 2.05) is 60.7 Å². The summed E-state index contributed by atoms with van der Waals surface area (Å²) in [4.78, 5) is 32.4. The van der Waals surface area contributed by atoms with E-state index in [2.05, 4.69) is 88.4 Å². The third kappa shape index (κ3) is 3.64. The summed E-state index contributed by atoms with van der Waals surface area (Å²) in [6.07, 6.45) is 0. The summed E-state index contributed by atoms with van der Waals surface area (Å²) in [5.41, 5.74) is 6.70. The van der Waals surface area contributed by atoms with E-state index in [-0.39, 0.29) is 0 Å². The van der Waals surface area contributed by atoms with Gasteiger partial charge < -0.3 is 4.57 Å². The van der Waals surface area contributed by atoms with Gasteiger partial charge >= 0.3 is 11.4 Å². The summed E-state index contributed by atoms with van der Waals surface area (Å²) in [5, 5.41) is 4.25. The van der Waals surface area contributed by atoms with E-state index in [1.54, 1.807) is 4.68 Å². The Morgan fingerprint density at radius 3 is 1.81 bits per heavy atom. The molecule has 0 aliphatic heterocycles. The summed E-state index contributed by atoms with van der Waals surface area (Å²) < 4.78 is 7.59. The molecule has 222 valence electrons. The average Bonchev–Trinajstić information content (AvgIpc) is 3.76. The van der Waals surface area contributed by atoms with Crippen molar-refractivity contribution in [3.8, 4) is 16.8 Å². The molecule has 0 aliphatic carbocycles. The molecule has 10 aromatic rings. The number of aromatic nitrogens is 5. The Morgan fingerprint density at radius 2 is 1.04 bits per heavy atom. The average molecular weight is 626 g/mol. The van der Waals surface area contributed by atoms with Crippen LogP contribution >= 0.6 is 11.3 Å². The predicted molar refractivity (Wildman–Crippen MR) is 191 cm³/mol. The Labute approximate surface area is 270 Å². The van der Waals surface area contributed by atoms with Gasteiger partial charge in [-0.05, 0) is 71.8 Å². The zero-order valence-electron chi connectivity index (χ0n) is 24.7. The van der Waals surface area contributed by atoms with Crippen LogP contribution in [-0.4, -0.2) is 23.3 Å². The van der Waals surface area contributed by atoms with Crippen LogP contribution in [0.1, 0.15) is 0 Å². The molecule has 0 atom stereocenters. The van der Waals surface area contributed by atoms with Gasteiger partial charge in [0, 0.05) is 27.2 Å². The van der Waals surface area contributed by atoms with Crippen LogP contribution in [0.2, 0.25) is 0 Å². The molecule has 0 spiro atoms. The highest BCUT2D eigenvalue weighted by Crippen LogP contribution is 2.37. The minimum absolute atomic E-state index is 0.379. The molecule has 0 radical (unpaired) electrons. The molecule has 0 fully saturated rings. The van der Waals surface area contributed by atoms with Crippen LogP contribution < -0.4 is 11.4 Å². The molecule has 0 saturated heterocycles. The number of hydrogen-bond acceptors (Lipinski definition) is 4. The molecule has 10 rings (SSSR count). The van der Waals surface area contributed by atoms with Crippen molar-refractivity contribution >= 4 is 70.1 Å². The molecule has 47 heavy (non-hydrogen) atoms. The van der Waals surface area contributed by atoms with Crippen LogP contribution in [0, 0.1) is 0 Å². The summed E-state index contributed by atoms with van der Waals surface area (Å²) in [6, 6.07) is 47.2. The first kappa shape index (κ1) is 26.0. The number of benzene rings is 6. The van der Waals surface area contributed by atoms with Crippen molar-refractivity contribution in [2.24, 2.45) is 0 Å². The lowest BCUT2D eigenvalue weighted by Crippen LogP contribution is -2.42. The maximum Gasteiger partial charge on any atom is 0.374 e. The fraction of sp³-hybridized carbons (Fsp3) is 0. The first-order valence-electron chi connectivity index (χ1n) is 15.3. The van der Waals surface area contributed by atoms with Crippen LogP contribution in [0.4, 0.5) is 0 Å². The SMILES string of the molecule is O=c1nc2sc3ccccc3n2c(=O)n1-n1c2ccccc2c2cc(-c3ccc4c(c3)c3ccccc3n4-c3ccccc3)ccc21. The lowest BCUT2D eigenvalue weighted by Gasteiger charge is -2.10. The molecule has 0 amide bonds. The van der Waals surface area contributed by atoms with Gasteiger partial charge in [-0.15, -0.1) is 4.68 Å². The third-order valence-electron chi connectivity index (χ3n) is 9.11. The number of fused-ring (bicyclic) bond motifs is 9. The Morgan fingerprint density at radius 1 is 0.489 bits per heavy atom. The highest BCUT2D eigenvalue weighted by atomic mass is 32.1. The molecular formula is C39H23N5O2S. The predicted octanol–water partition coefficient (Wildman–Crippen LogP) is 8.25. The number of para-hydroxylation sites is 4. The standard InChI is InChI=1S/C39H23N5O2S/c45-37-40-38-42(35-16-8-9-17-36(35)47-38)39(46)44(37)43-33-15-7-5-13-28(33)30-23-25(19-21-34(30)43)24-18-20-32-29(22-24)27-12-4-6-14-31(27)41(32)26-10-2-1-3-11-26/h1-23H. The van der Waals surface area contributed by atoms with Crippen LogP contribution in [0.3, 0.4) is 0 Å². The number of nitrogens with zero attached hydrogens (tertiary/aromatic N) is 5. The van der Waals surface area contributed by atoms with E-state index in [1.165, 1.54) is 26.5 Å². The lowest BCUT2D eigenvalue weighted by atomic mass is 10.0. The van der Waals surface area contributed by atoms with Crippen molar-refractivity contribution in [3.05, 3.63) is 160 Å². The summed E-state index contributed by atoms with van der Waals surface area (Å²) >= 11 is 1.33. The number of hydrogen-bond donors (Lipinski definition) is 0. The highest BCUT2D eigenvalue weighted by Gasteiger charge is 2.20. The highest BCUT2D eigenvalue weighted by molar-refractivity contribution is 7.23. The van der Waals surface area contributed by atoms with E-state index in [9.17, 15) is 9.59 Å². The van der Waals surface area contributed by atoms with Gasteiger partial charge in [0.15, 0.2) is 0 Å². The molecule has 0 saturated carbocycles. The van der Waals surface area contributed by atoms with Crippen molar-refractivity contribution in [1.29, 1.82) is 0 Å². The molecule has 0 N–H and O–H groups in total. The van der Waals surface area contributed by atoms with Crippen LogP contribution in [0.15, 0.2) is 149 Å². The Hall–Kier alpha value is -6.25. The lowest BCUT2D eigenvalue weighted by molar-refractivity contribution is 0.603. The zero-order valence-corrected chi connectivity index (χ0v) is 25.6. The monoisotopic (exact) mass is 625 g/mol. The Balaban J connectivity index is 1.21. The van der Waals surface area contributed by atoms with Gasteiger partial charge in [0.2, 0.25) is 4.96 Å². The van der Waals surface area contributed by atoms with Crippen molar-refractivity contribution in [3.63, 3.8) is 0 Å². The Kier molecular flexibility index (Phi) is 5.33. The molecule has 4 heterocycles. The van der Waals surface area contributed by atoms with Crippen molar-refractivity contribution < 1.29 is 0 Å². The fourth-order valence-corrected chi connectivity index (χ4v) is 8.06. The first-order chi connectivity index (χ1) is 23.2. The van der Waals surface area contributed by atoms with Crippen LogP contribution in [-0.2, 0) is 0 Å². The van der Waals surface area contributed by atoms with Gasteiger partial charge in [-0.2, -0.15) is 4.98 Å². The zero-order chi connectivity index (χ0) is 31.2. The maximum atomic E-state index is 14.1. The van der Waals surface area contributed by atoms with E-state index >= 15 is 0 Å². The molecule has 6 aromatic carbocycles. The Bertz CT molecular complexity index is 3020. The summed E-state index contributed by atoms with van der Waals surface area (Å²) in [7, 11) is 0. The second-order valence-electron chi connectivity index (χ2n) is 11.7. The molecule has 7 nitrogen and oxygen atoms in total. The van der Waals surface area contributed by atoms with Crippen LogP contribution in [0.25, 0.3) is 75.6 Å². The van der Waals surface area contributed by atoms with Crippen molar-refractivity contribution in [1.82, 2.24) is 23.3 Å². The molecule has 4 aromatic heterocycles. The number of rotatable bonds is 3.